The van der Waals surface area contributed by atoms with E-state index in [4.69, 9.17) is 0 Å². The van der Waals surface area contributed by atoms with E-state index in [0.29, 0.717) is 0 Å². The van der Waals surface area contributed by atoms with Crippen LogP contribution >= 0.6 is 12.2 Å². The highest BCUT2D eigenvalue weighted by atomic mass is 32.1. The monoisotopic (exact) mass is 276 g/mol. The second-order valence-electron chi connectivity index (χ2n) is 5.09. The van der Waals surface area contributed by atoms with Gasteiger partial charge in [0.25, 0.3) is 0 Å². The van der Waals surface area contributed by atoms with Crippen LogP contribution in [-0.2, 0) is 6.42 Å². The van der Waals surface area contributed by atoms with Crippen LogP contribution in [0.25, 0.3) is 0 Å². The molecule has 1 radical (unpaired) electrons. The van der Waals surface area contributed by atoms with Gasteiger partial charge < -0.3 is 5.32 Å². The largest absolute Gasteiger partial charge is 0.374 e. The Morgan fingerprint density at radius 3 is 2.00 bits per heavy atom. The summed E-state index contributed by atoms with van der Waals surface area (Å²) in [6.07, 6.45) is 12.0. The summed E-state index contributed by atoms with van der Waals surface area (Å²) in [4.78, 5) is 0. The third-order valence-corrected chi connectivity index (χ3v) is 3.58. The first-order valence-corrected chi connectivity index (χ1v) is 7.98. The Kier molecular flexibility index (Phi) is 10.3. The SMILES string of the molecule is S=[C]NCCCCCCCCCCc1ccccc1. The van der Waals surface area contributed by atoms with Crippen LogP contribution < -0.4 is 5.32 Å². The number of hydrogen-bond donors (Lipinski definition) is 1. The molecule has 0 unspecified atom stereocenters. The van der Waals surface area contributed by atoms with Gasteiger partial charge in [-0.2, -0.15) is 0 Å². The maximum absolute atomic E-state index is 4.59. The molecule has 0 saturated carbocycles. The molecule has 0 spiro atoms. The van der Waals surface area contributed by atoms with Crippen LogP contribution in [-0.4, -0.2) is 12.0 Å². The van der Waals surface area contributed by atoms with Gasteiger partial charge >= 0.3 is 0 Å². The minimum atomic E-state index is 0.987. The van der Waals surface area contributed by atoms with Crippen LogP contribution in [0.1, 0.15) is 56.9 Å². The van der Waals surface area contributed by atoms with Crippen molar-refractivity contribution >= 4 is 17.7 Å². The van der Waals surface area contributed by atoms with Crippen molar-refractivity contribution in [2.24, 2.45) is 0 Å². The van der Waals surface area contributed by atoms with Crippen LogP contribution in [0.3, 0.4) is 0 Å². The zero-order valence-corrected chi connectivity index (χ0v) is 12.7. The summed E-state index contributed by atoms with van der Waals surface area (Å²) in [5.74, 6) is 0. The molecule has 0 heterocycles. The number of unbranched alkanes of at least 4 members (excludes halogenated alkanes) is 7. The lowest BCUT2D eigenvalue weighted by Gasteiger charge is -2.03. The number of benzene rings is 1. The van der Waals surface area contributed by atoms with Crippen molar-refractivity contribution in [1.82, 2.24) is 5.32 Å². The van der Waals surface area contributed by atoms with Crippen molar-refractivity contribution in [3.63, 3.8) is 0 Å². The van der Waals surface area contributed by atoms with Crippen LogP contribution in [0.5, 0.6) is 0 Å². The molecule has 0 aromatic heterocycles. The van der Waals surface area contributed by atoms with Gasteiger partial charge in [0, 0.05) is 6.54 Å². The topological polar surface area (TPSA) is 12.0 Å². The van der Waals surface area contributed by atoms with E-state index in [0.717, 1.165) is 6.54 Å². The van der Waals surface area contributed by atoms with E-state index < -0.39 is 0 Å². The second kappa shape index (κ2) is 12.2. The van der Waals surface area contributed by atoms with Gasteiger partial charge in [-0.05, 0) is 24.8 Å². The van der Waals surface area contributed by atoms with Gasteiger partial charge in [0.05, 0.1) is 0 Å². The molecule has 0 saturated heterocycles. The van der Waals surface area contributed by atoms with Gasteiger partial charge in [0.15, 0.2) is 0 Å². The predicted molar refractivity (Wildman–Crippen MR) is 87.7 cm³/mol. The maximum Gasteiger partial charge on any atom is 0.134 e. The quantitative estimate of drug-likeness (QED) is 0.335. The minimum Gasteiger partial charge on any atom is -0.374 e. The Balaban J connectivity index is 1.80. The van der Waals surface area contributed by atoms with E-state index in [9.17, 15) is 0 Å². The standard InChI is InChI=1S/C17H26NS/c19-16-18-15-11-6-4-2-1-3-5-8-12-17-13-9-7-10-14-17/h7,9-10,13-14H,1-6,8,11-12,15H2,(H,18,19). The fourth-order valence-corrected chi connectivity index (χ4v) is 2.40. The van der Waals surface area contributed by atoms with Crippen molar-refractivity contribution in [2.75, 3.05) is 6.54 Å². The molecule has 1 aromatic carbocycles. The molecule has 0 bridgehead atoms. The van der Waals surface area contributed by atoms with Crippen LogP contribution in [0.15, 0.2) is 30.3 Å². The van der Waals surface area contributed by atoms with Crippen molar-refractivity contribution in [3.8, 4) is 0 Å². The summed E-state index contributed by atoms with van der Waals surface area (Å²) in [5, 5.41) is 2.95. The first-order chi connectivity index (χ1) is 9.43. The maximum atomic E-state index is 4.59. The molecule has 0 aliphatic rings. The molecule has 0 atom stereocenters. The van der Waals surface area contributed by atoms with Gasteiger partial charge in [-0.1, -0.05) is 81.1 Å². The fraction of sp³-hybridized carbons (Fsp3) is 0.588. The molecule has 1 aromatic rings. The normalized spacial score (nSPS) is 10.3. The average Bonchev–Trinajstić information content (AvgIpc) is 2.46. The first kappa shape index (κ1) is 16.2. The molecule has 0 aliphatic heterocycles. The molecule has 1 nitrogen and oxygen atoms in total. The zero-order chi connectivity index (χ0) is 13.6. The molecule has 0 aliphatic carbocycles. The molecule has 1 N–H and O–H groups in total. The highest BCUT2D eigenvalue weighted by molar-refractivity contribution is 7.78. The smallest absolute Gasteiger partial charge is 0.134 e. The third kappa shape index (κ3) is 9.66. The van der Waals surface area contributed by atoms with Gasteiger partial charge in [-0.25, -0.2) is 0 Å². The Bertz CT molecular complexity index is 310. The molecule has 0 fully saturated rings. The van der Waals surface area contributed by atoms with Gasteiger partial charge in [0.1, 0.15) is 5.49 Å². The Morgan fingerprint density at radius 1 is 0.789 bits per heavy atom. The van der Waals surface area contributed by atoms with E-state index in [2.05, 4.69) is 53.4 Å². The van der Waals surface area contributed by atoms with Crippen LogP contribution in [0.4, 0.5) is 0 Å². The Morgan fingerprint density at radius 2 is 1.37 bits per heavy atom. The summed E-state index contributed by atoms with van der Waals surface area (Å²) < 4.78 is 0. The van der Waals surface area contributed by atoms with E-state index >= 15 is 0 Å². The lowest BCUT2D eigenvalue weighted by Crippen LogP contribution is -2.10. The number of nitrogens with one attached hydrogen (secondary N) is 1. The number of aryl methyl sites for hydroxylation is 1. The highest BCUT2D eigenvalue weighted by Gasteiger charge is 1.94. The molecular weight excluding hydrogens is 250 g/mol. The van der Waals surface area contributed by atoms with Crippen LogP contribution in [0.2, 0.25) is 0 Å². The first-order valence-electron chi connectivity index (χ1n) is 7.57. The van der Waals surface area contributed by atoms with Gasteiger partial charge in [-0.15, -0.1) is 0 Å². The number of hydrogen-bond acceptors (Lipinski definition) is 1. The molecule has 2 heteroatoms. The summed E-state index contributed by atoms with van der Waals surface area (Å²) in [6, 6.07) is 10.8. The lowest BCUT2D eigenvalue weighted by molar-refractivity contribution is 0.566. The molecule has 0 amide bonds. The third-order valence-electron chi connectivity index (χ3n) is 3.43. The van der Waals surface area contributed by atoms with E-state index in [1.165, 1.54) is 63.4 Å². The summed E-state index contributed by atoms with van der Waals surface area (Å²) in [6.45, 7) is 0.987. The average molecular weight is 276 g/mol. The Hall–Kier alpha value is -0.890. The van der Waals surface area contributed by atoms with Crippen LogP contribution in [0, 0.1) is 0 Å². The highest BCUT2D eigenvalue weighted by Crippen LogP contribution is 2.11. The minimum absolute atomic E-state index is 0.987. The van der Waals surface area contributed by atoms with E-state index in [-0.39, 0.29) is 0 Å². The molecule has 1 rings (SSSR count). The Labute approximate surface area is 123 Å². The molecule has 105 valence electrons. The van der Waals surface area contributed by atoms with Crippen molar-refractivity contribution in [2.45, 2.75) is 57.8 Å². The number of rotatable bonds is 12. The van der Waals surface area contributed by atoms with Crippen molar-refractivity contribution in [3.05, 3.63) is 35.9 Å². The molecule has 19 heavy (non-hydrogen) atoms. The zero-order valence-electron chi connectivity index (χ0n) is 11.9. The van der Waals surface area contributed by atoms with Crippen molar-refractivity contribution < 1.29 is 0 Å². The van der Waals surface area contributed by atoms with E-state index in [1.54, 1.807) is 0 Å². The van der Waals surface area contributed by atoms with Crippen molar-refractivity contribution in [1.29, 1.82) is 0 Å². The van der Waals surface area contributed by atoms with E-state index in [1.807, 2.05) is 0 Å². The van der Waals surface area contributed by atoms with Gasteiger partial charge in [0.2, 0.25) is 0 Å². The second-order valence-corrected chi connectivity index (χ2v) is 5.30. The van der Waals surface area contributed by atoms with Gasteiger partial charge in [-0.3, -0.25) is 0 Å². The number of thiocarbonyl (C=S) groups is 1. The summed E-state index contributed by atoms with van der Waals surface area (Å²) in [5.41, 5.74) is 4.02. The lowest BCUT2D eigenvalue weighted by atomic mass is 10.0. The molecular formula is C17H26NS. The fourth-order valence-electron chi connectivity index (χ4n) is 2.30. The summed E-state index contributed by atoms with van der Waals surface area (Å²) >= 11 is 4.59. The summed E-state index contributed by atoms with van der Waals surface area (Å²) in [7, 11) is 0. The predicted octanol–water partition coefficient (Wildman–Crippen LogP) is 4.77.